The van der Waals surface area contributed by atoms with Gasteiger partial charge in [0.1, 0.15) is 5.82 Å². The number of halogens is 3. The molecule has 0 heterocycles. The molecule has 0 unspecified atom stereocenters. The van der Waals surface area contributed by atoms with E-state index in [0.29, 0.717) is 5.56 Å². The monoisotopic (exact) mass is 406 g/mol. The number of fused-ring (bicyclic) bond motifs is 1. The van der Waals surface area contributed by atoms with Crippen LogP contribution in [0.3, 0.4) is 0 Å². The summed E-state index contributed by atoms with van der Waals surface area (Å²) in [7, 11) is 1.19. The quantitative estimate of drug-likeness (QED) is 0.332. The maximum Gasteiger partial charge on any atom is 0.190 e. The second kappa shape index (κ2) is 8.23. The van der Waals surface area contributed by atoms with E-state index < -0.39 is 23.2 Å². The molecule has 0 aliphatic carbocycles. The number of methoxy groups -OCH3 is 1. The predicted molar refractivity (Wildman–Crippen MR) is 115 cm³/mol. The van der Waals surface area contributed by atoms with Crippen LogP contribution in [0.1, 0.15) is 18.9 Å². The third-order valence-corrected chi connectivity index (χ3v) is 5.26. The molecule has 0 N–H and O–H groups in total. The van der Waals surface area contributed by atoms with E-state index in [2.05, 4.69) is 29.9 Å². The van der Waals surface area contributed by atoms with Crippen molar-refractivity contribution in [2.45, 2.75) is 19.8 Å². The highest BCUT2D eigenvalue weighted by Gasteiger charge is 2.15. The molecule has 0 atom stereocenters. The summed E-state index contributed by atoms with van der Waals surface area (Å²) in [6.07, 6.45) is 2.13. The highest BCUT2D eigenvalue weighted by molar-refractivity contribution is 5.88. The van der Waals surface area contributed by atoms with Crippen molar-refractivity contribution < 1.29 is 17.9 Å². The third-order valence-electron chi connectivity index (χ3n) is 5.26. The molecule has 0 radical (unpaired) electrons. The van der Waals surface area contributed by atoms with Crippen molar-refractivity contribution in [2.75, 3.05) is 7.11 Å². The fourth-order valence-corrected chi connectivity index (χ4v) is 3.76. The van der Waals surface area contributed by atoms with Crippen LogP contribution in [0.25, 0.3) is 33.0 Å². The Bertz CT molecular complexity index is 1210. The summed E-state index contributed by atoms with van der Waals surface area (Å²) in [6.45, 7) is 2.15. The Morgan fingerprint density at radius 1 is 0.667 bits per heavy atom. The van der Waals surface area contributed by atoms with Crippen molar-refractivity contribution >= 4 is 10.8 Å². The number of ether oxygens (including phenoxy) is 1. The standard InChI is InChI=1S/C26H21F3O/c1-3-4-16-5-6-18-12-19(8-7-17(18)11-16)20-9-10-22(23(27)13-20)21-14-24(28)26(30-2)25(29)15-21/h5-15H,3-4H2,1-2H3. The second-order valence-electron chi connectivity index (χ2n) is 7.31. The van der Waals surface area contributed by atoms with Gasteiger partial charge in [-0.15, -0.1) is 0 Å². The van der Waals surface area contributed by atoms with Gasteiger partial charge in [0.25, 0.3) is 0 Å². The first-order chi connectivity index (χ1) is 14.5. The Balaban J connectivity index is 1.70. The van der Waals surface area contributed by atoms with Crippen LogP contribution in [0, 0.1) is 17.5 Å². The van der Waals surface area contributed by atoms with Crippen molar-refractivity contribution in [3.63, 3.8) is 0 Å². The Morgan fingerprint density at radius 2 is 1.27 bits per heavy atom. The van der Waals surface area contributed by atoms with Crippen LogP contribution in [-0.4, -0.2) is 7.11 Å². The maximum atomic E-state index is 14.8. The third kappa shape index (κ3) is 3.78. The fraction of sp³-hybridized carbons (Fsp3) is 0.154. The molecule has 4 heteroatoms. The van der Waals surface area contributed by atoms with Gasteiger partial charge in [0.15, 0.2) is 17.4 Å². The van der Waals surface area contributed by atoms with Crippen LogP contribution in [0.2, 0.25) is 0 Å². The number of rotatable bonds is 5. The van der Waals surface area contributed by atoms with Gasteiger partial charge < -0.3 is 4.74 Å². The molecule has 0 saturated heterocycles. The number of hydrogen-bond acceptors (Lipinski definition) is 1. The van der Waals surface area contributed by atoms with Gasteiger partial charge in [-0.1, -0.05) is 55.8 Å². The molecule has 0 spiro atoms. The lowest BCUT2D eigenvalue weighted by molar-refractivity contribution is 0.360. The number of aryl methyl sites for hydroxylation is 1. The highest BCUT2D eigenvalue weighted by Crippen LogP contribution is 2.33. The zero-order valence-electron chi connectivity index (χ0n) is 16.8. The first kappa shape index (κ1) is 20.0. The molecule has 152 valence electrons. The molecule has 4 aromatic rings. The van der Waals surface area contributed by atoms with Gasteiger partial charge in [-0.25, -0.2) is 13.2 Å². The zero-order valence-corrected chi connectivity index (χ0v) is 16.8. The summed E-state index contributed by atoms with van der Waals surface area (Å²) in [6, 6.07) is 19.2. The average Bonchev–Trinajstić information content (AvgIpc) is 2.73. The molecule has 30 heavy (non-hydrogen) atoms. The molecule has 0 aromatic heterocycles. The summed E-state index contributed by atoms with van der Waals surface area (Å²) in [5, 5.41) is 2.22. The number of benzene rings is 4. The summed E-state index contributed by atoms with van der Waals surface area (Å²) in [5.41, 5.74) is 3.13. The maximum absolute atomic E-state index is 14.8. The Morgan fingerprint density at radius 3 is 1.93 bits per heavy atom. The van der Waals surface area contributed by atoms with E-state index in [4.69, 9.17) is 0 Å². The van der Waals surface area contributed by atoms with Crippen LogP contribution in [0.4, 0.5) is 13.2 Å². The van der Waals surface area contributed by atoms with Crippen LogP contribution in [-0.2, 0) is 6.42 Å². The lowest BCUT2D eigenvalue weighted by atomic mass is 9.96. The smallest absolute Gasteiger partial charge is 0.190 e. The minimum Gasteiger partial charge on any atom is -0.491 e. The first-order valence-corrected chi connectivity index (χ1v) is 9.86. The Labute approximate surface area is 173 Å². The van der Waals surface area contributed by atoms with Crippen LogP contribution in [0.5, 0.6) is 5.75 Å². The van der Waals surface area contributed by atoms with Gasteiger partial charge in [0, 0.05) is 5.56 Å². The minimum absolute atomic E-state index is 0.122. The van der Waals surface area contributed by atoms with Crippen LogP contribution >= 0.6 is 0 Å². The van der Waals surface area contributed by atoms with Crippen molar-refractivity contribution in [1.82, 2.24) is 0 Å². The topological polar surface area (TPSA) is 9.23 Å². The normalized spacial score (nSPS) is 11.1. The average molecular weight is 406 g/mol. The highest BCUT2D eigenvalue weighted by atomic mass is 19.1. The molecule has 0 bridgehead atoms. The van der Waals surface area contributed by atoms with Crippen molar-refractivity contribution in [3.05, 3.63) is 89.7 Å². The van der Waals surface area contributed by atoms with Crippen molar-refractivity contribution in [3.8, 4) is 28.0 Å². The van der Waals surface area contributed by atoms with E-state index in [1.165, 1.54) is 18.7 Å². The molecule has 1 nitrogen and oxygen atoms in total. The van der Waals surface area contributed by atoms with Crippen LogP contribution < -0.4 is 4.74 Å². The van der Waals surface area contributed by atoms with Gasteiger partial charge in [-0.05, 0) is 63.7 Å². The van der Waals surface area contributed by atoms with Crippen LogP contribution in [0.15, 0.2) is 66.7 Å². The lowest BCUT2D eigenvalue weighted by Crippen LogP contribution is -1.95. The SMILES string of the molecule is CCCc1ccc2cc(-c3ccc(-c4cc(F)c(OC)c(F)c4)c(F)c3)ccc2c1. The summed E-state index contributed by atoms with van der Waals surface area (Å²) in [5.74, 6) is -2.76. The fourth-order valence-electron chi connectivity index (χ4n) is 3.76. The van der Waals surface area contributed by atoms with E-state index in [0.717, 1.165) is 41.3 Å². The molecule has 0 saturated carbocycles. The molecule has 0 fully saturated rings. The predicted octanol–water partition coefficient (Wildman–Crippen LogP) is 7.55. The number of hydrogen-bond donors (Lipinski definition) is 0. The van der Waals surface area contributed by atoms with E-state index in [1.54, 1.807) is 12.1 Å². The van der Waals surface area contributed by atoms with Gasteiger partial charge in [-0.3, -0.25) is 0 Å². The van der Waals surface area contributed by atoms with Gasteiger partial charge >= 0.3 is 0 Å². The summed E-state index contributed by atoms with van der Waals surface area (Å²) in [4.78, 5) is 0. The lowest BCUT2D eigenvalue weighted by Gasteiger charge is -2.10. The second-order valence-corrected chi connectivity index (χ2v) is 7.31. The molecule has 0 amide bonds. The first-order valence-electron chi connectivity index (χ1n) is 9.86. The van der Waals surface area contributed by atoms with E-state index in [1.807, 2.05) is 18.2 Å². The summed E-state index contributed by atoms with van der Waals surface area (Å²) >= 11 is 0. The zero-order chi connectivity index (χ0) is 21.3. The van der Waals surface area contributed by atoms with Gasteiger partial charge in [0.05, 0.1) is 7.11 Å². The molecule has 4 rings (SSSR count). The van der Waals surface area contributed by atoms with Gasteiger partial charge in [-0.2, -0.15) is 0 Å². The van der Waals surface area contributed by atoms with Gasteiger partial charge in [0.2, 0.25) is 0 Å². The molecule has 0 aliphatic heterocycles. The molecular formula is C26H21F3O. The minimum atomic E-state index is -0.868. The van der Waals surface area contributed by atoms with Crippen molar-refractivity contribution in [1.29, 1.82) is 0 Å². The molecule has 4 aromatic carbocycles. The van der Waals surface area contributed by atoms with E-state index in [-0.39, 0.29) is 11.1 Å². The molecular weight excluding hydrogens is 385 g/mol. The Kier molecular flexibility index (Phi) is 5.49. The largest absolute Gasteiger partial charge is 0.491 e. The Hall–Kier alpha value is -3.27. The van der Waals surface area contributed by atoms with Crippen molar-refractivity contribution in [2.24, 2.45) is 0 Å². The molecule has 0 aliphatic rings. The summed E-state index contributed by atoms with van der Waals surface area (Å²) < 4.78 is 47.5. The van der Waals surface area contributed by atoms with E-state index in [9.17, 15) is 13.2 Å². The van der Waals surface area contributed by atoms with E-state index >= 15 is 0 Å².